The van der Waals surface area contributed by atoms with Crippen LogP contribution in [0.4, 0.5) is 0 Å². The van der Waals surface area contributed by atoms with Crippen LogP contribution in [-0.2, 0) is 32.7 Å². The van der Waals surface area contributed by atoms with Crippen molar-refractivity contribution in [1.82, 2.24) is 0 Å². The second-order valence-electron chi connectivity index (χ2n) is 16.1. The van der Waals surface area contributed by atoms with Crippen LogP contribution in [0.2, 0.25) is 0 Å². The van der Waals surface area contributed by atoms with Gasteiger partial charge in [0, 0.05) is 12.8 Å². The Morgan fingerprint density at radius 1 is 0.554 bits per heavy atom. The Balaban J connectivity index is 4.39. The fourth-order valence-corrected chi connectivity index (χ4v) is 6.49. The summed E-state index contributed by atoms with van der Waals surface area (Å²) in [7, 11) is 1.15. The summed E-state index contributed by atoms with van der Waals surface area (Å²) in [5.74, 6) is -0.863. The Kier molecular flexibility index (Phi) is 37.1. The lowest BCUT2D eigenvalue weighted by Crippen LogP contribution is -2.37. The molecule has 0 bridgehead atoms. The smallest absolute Gasteiger partial charge is 0.306 e. The summed E-state index contributed by atoms with van der Waals surface area (Å²) in [6, 6.07) is 0. The Bertz CT molecular complexity index is 1100. The molecule has 0 aromatic heterocycles. The van der Waals surface area contributed by atoms with Crippen LogP contribution in [0.1, 0.15) is 181 Å². The van der Waals surface area contributed by atoms with E-state index in [0.29, 0.717) is 23.9 Å². The third kappa shape index (κ3) is 41.6. The summed E-state index contributed by atoms with van der Waals surface area (Å²) in [6.45, 7) is 4.14. The molecule has 1 unspecified atom stereocenters. The third-order valence-electron chi connectivity index (χ3n) is 9.32. The topological polar surface area (TPSA) is 111 Å². The fourth-order valence-electron chi connectivity index (χ4n) is 5.76. The van der Waals surface area contributed by atoms with E-state index in [9.17, 15) is 19.0 Å². The number of hydrogen-bond donors (Lipinski definition) is 0. The maximum Gasteiger partial charge on any atom is 0.306 e. The van der Waals surface area contributed by atoms with Gasteiger partial charge in [-0.15, -0.1) is 0 Å². The molecule has 0 aliphatic carbocycles. The average Bonchev–Trinajstić information content (AvgIpc) is 3.15. The van der Waals surface area contributed by atoms with Gasteiger partial charge in [-0.25, -0.2) is 0 Å². The van der Waals surface area contributed by atoms with E-state index in [2.05, 4.69) is 62.5 Å². The highest BCUT2D eigenvalue weighted by atomic mass is 31.2. The first-order chi connectivity index (χ1) is 27.0. The highest BCUT2D eigenvalue weighted by molar-refractivity contribution is 7.45. The van der Waals surface area contributed by atoms with Crippen molar-refractivity contribution in [3.05, 3.63) is 48.6 Å². The zero-order valence-corrected chi connectivity index (χ0v) is 37.5. The van der Waals surface area contributed by atoms with Crippen LogP contribution in [0.25, 0.3) is 0 Å². The van der Waals surface area contributed by atoms with Crippen LogP contribution >= 0.6 is 7.82 Å². The van der Waals surface area contributed by atoms with E-state index in [1.165, 1.54) is 83.5 Å². The normalized spacial score (nSPS) is 14.0. The minimum atomic E-state index is -4.63. The second kappa shape index (κ2) is 38.5. The number of hydrogen-bond acceptors (Lipinski definition) is 8. The number of likely N-dealkylation sites (N-methyl/N-ethyl adjacent to an activating group) is 1. The molecule has 0 radical (unpaired) electrons. The number of carbonyl (C=O) groups is 2. The number of unbranched alkanes of at least 4 members (excludes halogenated alkanes) is 18. The lowest BCUT2D eigenvalue weighted by Gasteiger charge is -2.28. The first-order valence-electron chi connectivity index (χ1n) is 22.3. The molecule has 0 aliphatic rings. The standard InChI is InChI=1S/C46H84NO8P/c1-6-8-10-12-14-16-18-20-22-23-25-26-28-30-32-34-36-38-45(48)52-42-44(43-54-56(50,51)53-41-40-47(3,4)5)55-46(49)39-37-35-33-31-29-27-24-21-19-17-15-13-11-9-7-2/h13-16,20,22,25-26,44H,6-12,17-19,21,23-24,27-43H2,1-5H3/b15-13+,16-14+,22-20+,26-25+/t44-/m1/s1. The maximum atomic E-state index is 12.7. The van der Waals surface area contributed by atoms with Crippen LogP contribution in [0.15, 0.2) is 48.6 Å². The van der Waals surface area contributed by atoms with Crippen molar-refractivity contribution >= 4 is 19.8 Å². The van der Waals surface area contributed by atoms with Crippen molar-refractivity contribution in [2.24, 2.45) is 0 Å². The molecule has 9 nitrogen and oxygen atoms in total. The average molecular weight is 810 g/mol. The van der Waals surface area contributed by atoms with E-state index < -0.39 is 32.5 Å². The van der Waals surface area contributed by atoms with Crippen molar-refractivity contribution in [2.45, 2.75) is 187 Å². The third-order valence-corrected chi connectivity index (χ3v) is 10.3. The predicted octanol–water partition coefficient (Wildman–Crippen LogP) is 12.1. The molecule has 0 heterocycles. The number of phosphoric acid groups is 1. The lowest BCUT2D eigenvalue weighted by molar-refractivity contribution is -0.870. The lowest BCUT2D eigenvalue weighted by atomic mass is 10.1. The number of ether oxygens (including phenoxy) is 2. The van der Waals surface area contributed by atoms with Gasteiger partial charge in [0.1, 0.15) is 19.8 Å². The molecule has 0 aromatic carbocycles. The molecule has 2 atom stereocenters. The second-order valence-corrected chi connectivity index (χ2v) is 17.5. The van der Waals surface area contributed by atoms with Gasteiger partial charge in [0.25, 0.3) is 7.82 Å². The molecule has 0 saturated heterocycles. The molecule has 0 spiro atoms. The minimum Gasteiger partial charge on any atom is -0.756 e. The number of carbonyl (C=O) groups excluding carboxylic acids is 2. The van der Waals surface area contributed by atoms with Crippen molar-refractivity contribution in [1.29, 1.82) is 0 Å². The Morgan fingerprint density at radius 2 is 0.982 bits per heavy atom. The molecule has 56 heavy (non-hydrogen) atoms. The molecular weight excluding hydrogens is 725 g/mol. The maximum absolute atomic E-state index is 12.7. The molecule has 10 heteroatoms. The molecule has 326 valence electrons. The quantitative estimate of drug-likeness (QED) is 0.0198. The summed E-state index contributed by atoms with van der Waals surface area (Å²) in [4.78, 5) is 37.5. The van der Waals surface area contributed by atoms with Gasteiger partial charge in [0.05, 0.1) is 27.7 Å². The van der Waals surface area contributed by atoms with Crippen LogP contribution in [0, 0.1) is 0 Å². The van der Waals surface area contributed by atoms with E-state index >= 15 is 0 Å². The minimum absolute atomic E-state index is 0.0362. The number of allylic oxidation sites excluding steroid dienone is 8. The van der Waals surface area contributed by atoms with E-state index in [1.807, 2.05) is 21.1 Å². The van der Waals surface area contributed by atoms with Gasteiger partial charge in [-0.3, -0.25) is 14.2 Å². The van der Waals surface area contributed by atoms with Gasteiger partial charge in [-0.2, -0.15) is 0 Å². The van der Waals surface area contributed by atoms with Gasteiger partial charge < -0.3 is 27.9 Å². The van der Waals surface area contributed by atoms with E-state index in [1.54, 1.807) is 0 Å². The highest BCUT2D eigenvalue weighted by Gasteiger charge is 2.21. The zero-order valence-electron chi connectivity index (χ0n) is 36.6. The van der Waals surface area contributed by atoms with Crippen molar-refractivity contribution < 1.29 is 42.1 Å². The molecule has 0 N–H and O–H groups in total. The molecule has 0 aromatic rings. The number of nitrogens with zero attached hydrogens (tertiary/aromatic N) is 1. The van der Waals surface area contributed by atoms with Crippen molar-refractivity contribution in [3.63, 3.8) is 0 Å². The van der Waals surface area contributed by atoms with Crippen LogP contribution in [-0.4, -0.2) is 70.0 Å². The SMILES string of the molecule is CCCC/C=C/CCCCCCCCCCCC(=O)O[C@H](COC(=O)CCCCCC/C=C/C/C=C/C/C=C/CCCCC)COP(=O)([O-])OCC[N+](C)(C)C. The van der Waals surface area contributed by atoms with Gasteiger partial charge >= 0.3 is 11.9 Å². The van der Waals surface area contributed by atoms with Gasteiger partial charge in [-0.05, 0) is 70.6 Å². The zero-order chi connectivity index (χ0) is 41.4. The van der Waals surface area contributed by atoms with Gasteiger partial charge in [0.15, 0.2) is 6.10 Å². The van der Waals surface area contributed by atoms with Gasteiger partial charge in [0.2, 0.25) is 0 Å². The van der Waals surface area contributed by atoms with Crippen LogP contribution < -0.4 is 4.89 Å². The van der Waals surface area contributed by atoms with Gasteiger partial charge in [-0.1, -0.05) is 146 Å². The Hall–Kier alpha value is -2.03. The summed E-state index contributed by atoms with van der Waals surface area (Å²) < 4.78 is 33.9. The molecule has 0 rings (SSSR count). The van der Waals surface area contributed by atoms with E-state index in [-0.39, 0.29) is 26.1 Å². The Morgan fingerprint density at radius 3 is 1.50 bits per heavy atom. The fraction of sp³-hybridized carbons (Fsp3) is 0.783. The van der Waals surface area contributed by atoms with E-state index in [0.717, 1.165) is 57.8 Å². The van der Waals surface area contributed by atoms with Crippen LogP contribution in [0.5, 0.6) is 0 Å². The number of phosphoric ester groups is 1. The molecule has 0 aliphatic heterocycles. The first kappa shape index (κ1) is 54.0. The molecule has 0 fully saturated rings. The molecule has 0 amide bonds. The number of rotatable bonds is 40. The molecular formula is C46H84NO8P. The van der Waals surface area contributed by atoms with Crippen LogP contribution in [0.3, 0.4) is 0 Å². The largest absolute Gasteiger partial charge is 0.756 e. The summed E-state index contributed by atoms with van der Waals surface area (Å²) >= 11 is 0. The number of quaternary nitrogens is 1. The first-order valence-corrected chi connectivity index (χ1v) is 23.8. The summed E-state index contributed by atoms with van der Waals surface area (Å²) in [5, 5.41) is 0. The number of esters is 2. The van der Waals surface area contributed by atoms with Crippen molar-refractivity contribution in [2.75, 3.05) is 47.5 Å². The predicted molar refractivity (Wildman–Crippen MR) is 231 cm³/mol. The van der Waals surface area contributed by atoms with Crippen molar-refractivity contribution in [3.8, 4) is 0 Å². The summed E-state index contributed by atoms with van der Waals surface area (Å²) in [5.41, 5.74) is 0. The monoisotopic (exact) mass is 810 g/mol. The molecule has 0 saturated carbocycles. The Labute approximate surface area is 343 Å². The highest BCUT2D eigenvalue weighted by Crippen LogP contribution is 2.38. The van der Waals surface area contributed by atoms with E-state index in [4.69, 9.17) is 18.5 Å². The summed E-state index contributed by atoms with van der Waals surface area (Å²) in [6.07, 6.45) is 44.1.